The van der Waals surface area contributed by atoms with Crippen molar-refractivity contribution in [3.05, 3.63) is 104 Å². The molecule has 30 heavy (non-hydrogen) atoms. The lowest BCUT2D eigenvalue weighted by Crippen LogP contribution is -2.22. The van der Waals surface area contributed by atoms with E-state index in [9.17, 15) is 9.59 Å². The van der Waals surface area contributed by atoms with Crippen LogP contribution >= 0.6 is 22.9 Å². The molecule has 2 aromatic heterocycles. The Morgan fingerprint density at radius 1 is 1.03 bits per heavy atom. The molecule has 5 rings (SSSR count). The number of aromatic nitrogens is 2. The minimum atomic E-state index is -0.484. The van der Waals surface area contributed by atoms with Crippen LogP contribution in [0.2, 0.25) is 5.02 Å². The zero-order valence-corrected chi connectivity index (χ0v) is 17.0. The first-order valence-electron chi connectivity index (χ1n) is 9.08. The molecular weight excluding hydrogens is 420 g/mol. The molecule has 0 aliphatic carbocycles. The van der Waals surface area contributed by atoms with Gasteiger partial charge in [0.1, 0.15) is 5.75 Å². The highest BCUT2D eigenvalue weighted by molar-refractivity contribution is 7.15. The lowest BCUT2D eigenvalue weighted by molar-refractivity contribution is 0.0735. The van der Waals surface area contributed by atoms with E-state index < -0.39 is 5.97 Å². The standard InChI is InChI=1S/C23H13ClN2O3S/c24-16-5-3-4-15(13-16)22(28)29-17-10-8-14(9-11-17)12-20-21(27)26-19-7-2-1-6-18(19)25-23(26)30-20/h1-13H/b20-12+. The normalized spacial score (nSPS) is 12.0. The van der Waals surface area contributed by atoms with Gasteiger partial charge in [-0.1, -0.05) is 53.3 Å². The maximum atomic E-state index is 12.8. The fourth-order valence-corrected chi connectivity index (χ4v) is 4.35. The molecular formula is C23H13ClN2O3S. The van der Waals surface area contributed by atoms with Crippen molar-refractivity contribution in [2.24, 2.45) is 0 Å². The maximum absolute atomic E-state index is 12.8. The van der Waals surface area contributed by atoms with E-state index in [1.54, 1.807) is 59.0 Å². The van der Waals surface area contributed by atoms with Crippen LogP contribution in [0.25, 0.3) is 22.1 Å². The summed E-state index contributed by atoms with van der Waals surface area (Å²) in [5.41, 5.74) is 2.71. The number of esters is 1. The maximum Gasteiger partial charge on any atom is 0.343 e. The molecule has 3 aromatic carbocycles. The predicted molar refractivity (Wildman–Crippen MR) is 118 cm³/mol. The largest absolute Gasteiger partial charge is 0.423 e. The van der Waals surface area contributed by atoms with Gasteiger partial charge in [0.15, 0.2) is 4.96 Å². The second-order valence-corrected chi connectivity index (χ2v) is 8.05. The first kappa shape index (κ1) is 18.5. The van der Waals surface area contributed by atoms with Crippen molar-refractivity contribution in [3.8, 4) is 5.75 Å². The van der Waals surface area contributed by atoms with Crippen LogP contribution in [0.15, 0.2) is 77.6 Å². The summed E-state index contributed by atoms with van der Waals surface area (Å²) in [4.78, 5) is 30.2. The van der Waals surface area contributed by atoms with Crippen LogP contribution in [0.5, 0.6) is 5.75 Å². The number of para-hydroxylation sites is 2. The third-order valence-corrected chi connectivity index (χ3v) is 5.80. The molecule has 0 saturated heterocycles. The number of fused-ring (bicyclic) bond motifs is 3. The van der Waals surface area contributed by atoms with Crippen molar-refractivity contribution in [3.63, 3.8) is 0 Å². The lowest BCUT2D eigenvalue weighted by atomic mass is 10.2. The Kier molecular flexibility index (Phi) is 4.58. The summed E-state index contributed by atoms with van der Waals surface area (Å²) in [5, 5.41) is 0.470. The van der Waals surface area contributed by atoms with Crippen molar-refractivity contribution in [1.82, 2.24) is 9.38 Å². The van der Waals surface area contributed by atoms with Crippen LogP contribution < -0.4 is 14.8 Å². The van der Waals surface area contributed by atoms with E-state index in [2.05, 4.69) is 4.98 Å². The number of thiazole rings is 1. The van der Waals surface area contributed by atoms with Crippen LogP contribution in [0, 0.1) is 0 Å². The molecule has 7 heteroatoms. The summed E-state index contributed by atoms with van der Waals surface area (Å²) in [6.45, 7) is 0. The van der Waals surface area contributed by atoms with E-state index in [1.165, 1.54) is 11.3 Å². The van der Waals surface area contributed by atoms with E-state index >= 15 is 0 Å². The first-order valence-corrected chi connectivity index (χ1v) is 10.3. The van der Waals surface area contributed by atoms with Crippen molar-refractivity contribution >= 4 is 51.0 Å². The molecule has 2 heterocycles. The number of rotatable bonds is 3. The Morgan fingerprint density at radius 3 is 2.63 bits per heavy atom. The molecule has 0 spiro atoms. The third-order valence-electron chi connectivity index (χ3n) is 4.59. The summed E-state index contributed by atoms with van der Waals surface area (Å²) in [5.74, 6) is -0.0751. The fraction of sp³-hybridized carbons (Fsp3) is 0. The molecule has 0 saturated carbocycles. The minimum absolute atomic E-state index is 0.0971. The van der Waals surface area contributed by atoms with Gasteiger partial charge in [-0.05, 0) is 54.1 Å². The average Bonchev–Trinajstić information content (AvgIpc) is 3.25. The smallest absolute Gasteiger partial charge is 0.343 e. The lowest BCUT2D eigenvalue weighted by Gasteiger charge is -2.04. The van der Waals surface area contributed by atoms with E-state index in [-0.39, 0.29) is 5.56 Å². The quantitative estimate of drug-likeness (QED) is 0.314. The Hall–Kier alpha value is -3.48. The van der Waals surface area contributed by atoms with Gasteiger partial charge < -0.3 is 4.74 Å². The Balaban J connectivity index is 1.43. The number of halogens is 1. The summed E-state index contributed by atoms with van der Waals surface area (Å²) < 4.78 is 7.61. The van der Waals surface area contributed by atoms with E-state index in [1.807, 2.05) is 24.3 Å². The average molecular weight is 433 g/mol. The van der Waals surface area contributed by atoms with Gasteiger partial charge in [-0.3, -0.25) is 4.79 Å². The van der Waals surface area contributed by atoms with Gasteiger partial charge in [0.25, 0.3) is 5.56 Å². The molecule has 5 aromatic rings. The molecule has 0 unspecified atom stereocenters. The fourth-order valence-electron chi connectivity index (χ4n) is 3.18. The van der Waals surface area contributed by atoms with Crippen LogP contribution in [-0.4, -0.2) is 15.4 Å². The number of carbonyl (C=O) groups excluding carboxylic acids is 1. The molecule has 0 aliphatic heterocycles. The minimum Gasteiger partial charge on any atom is -0.423 e. The first-order chi connectivity index (χ1) is 14.6. The van der Waals surface area contributed by atoms with Crippen LogP contribution in [0.1, 0.15) is 15.9 Å². The number of imidazole rings is 1. The van der Waals surface area contributed by atoms with Crippen molar-refractivity contribution < 1.29 is 9.53 Å². The number of carbonyl (C=O) groups is 1. The highest BCUT2D eigenvalue weighted by Crippen LogP contribution is 2.18. The van der Waals surface area contributed by atoms with Gasteiger partial charge in [-0.15, -0.1) is 0 Å². The highest BCUT2D eigenvalue weighted by atomic mass is 35.5. The predicted octanol–water partition coefficient (Wildman–Crippen LogP) is 4.33. The second kappa shape index (κ2) is 7.40. The van der Waals surface area contributed by atoms with E-state index in [0.717, 1.165) is 16.6 Å². The Morgan fingerprint density at radius 2 is 1.83 bits per heavy atom. The van der Waals surface area contributed by atoms with Crippen molar-refractivity contribution in [1.29, 1.82) is 0 Å². The molecule has 0 fully saturated rings. The number of hydrogen-bond acceptors (Lipinski definition) is 5. The van der Waals surface area contributed by atoms with E-state index in [0.29, 0.717) is 25.8 Å². The molecule has 0 atom stereocenters. The van der Waals surface area contributed by atoms with Crippen LogP contribution in [0.3, 0.4) is 0 Å². The van der Waals surface area contributed by atoms with Gasteiger partial charge in [0, 0.05) is 5.02 Å². The summed E-state index contributed by atoms with van der Waals surface area (Å²) in [6, 6.07) is 21.1. The van der Waals surface area contributed by atoms with Crippen LogP contribution in [-0.2, 0) is 0 Å². The van der Waals surface area contributed by atoms with Gasteiger partial charge >= 0.3 is 5.97 Å². The van der Waals surface area contributed by atoms with Gasteiger partial charge in [-0.25, -0.2) is 14.2 Å². The molecule has 146 valence electrons. The second-order valence-electron chi connectivity index (χ2n) is 6.60. The number of hydrogen-bond donors (Lipinski definition) is 0. The Labute approximate surface area is 179 Å². The molecule has 0 aliphatic rings. The topological polar surface area (TPSA) is 60.7 Å². The zero-order chi connectivity index (χ0) is 20.7. The van der Waals surface area contributed by atoms with Gasteiger partial charge in [-0.2, -0.15) is 0 Å². The Bertz CT molecular complexity index is 1520. The monoisotopic (exact) mass is 432 g/mol. The summed E-state index contributed by atoms with van der Waals surface area (Å²) in [6.07, 6.45) is 1.80. The zero-order valence-electron chi connectivity index (χ0n) is 15.4. The SMILES string of the molecule is O=C(Oc1ccc(/C=c2/sc3nc4ccccc4n3c2=O)cc1)c1cccc(Cl)c1. The molecule has 0 N–H and O–H groups in total. The number of nitrogens with zero attached hydrogens (tertiary/aromatic N) is 2. The molecule has 0 radical (unpaired) electrons. The summed E-state index contributed by atoms with van der Waals surface area (Å²) >= 11 is 7.26. The van der Waals surface area contributed by atoms with Crippen molar-refractivity contribution in [2.45, 2.75) is 0 Å². The van der Waals surface area contributed by atoms with Crippen LogP contribution in [0.4, 0.5) is 0 Å². The van der Waals surface area contributed by atoms with Gasteiger partial charge in [0.2, 0.25) is 0 Å². The number of benzene rings is 3. The molecule has 0 bridgehead atoms. The molecule has 5 nitrogen and oxygen atoms in total. The highest BCUT2D eigenvalue weighted by Gasteiger charge is 2.11. The summed E-state index contributed by atoms with van der Waals surface area (Å²) in [7, 11) is 0. The molecule has 0 amide bonds. The third kappa shape index (κ3) is 3.36. The van der Waals surface area contributed by atoms with E-state index in [4.69, 9.17) is 16.3 Å². The van der Waals surface area contributed by atoms with Gasteiger partial charge in [0.05, 0.1) is 21.1 Å². The number of ether oxygens (including phenoxy) is 1. The van der Waals surface area contributed by atoms with Crippen molar-refractivity contribution in [2.75, 3.05) is 0 Å².